The lowest BCUT2D eigenvalue weighted by Gasteiger charge is -2.37. The number of hydrogen-bond acceptors (Lipinski definition) is 3. The third-order valence-electron chi connectivity index (χ3n) is 3.93. The number of benzene rings is 1. The van der Waals surface area contributed by atoms with Gasteiger partial charge in [-0.3, -0.25) is 4.79 Å². The van der Waals surface area contributed by atoms with Crippen LogP contribution in [0.4, 0.5) is 0 Å². The van der Waals surface area contributed by atoms with Gasteiger partial charge in [0.2, 0.25) is 0 Å². The Balaban J connectivity index is 2.25. The number of carboxylic acids is 1. The number of piperidine rings is 1. The predicted molar refractivity (Wildman–Crippen MR) is 78.0 cm³/mol. The molecule has 1 amide bonds. The standard InChI is InChI=1S/C16H21NO4/c1-11-5-4-8-17(14(11)16(19)20)15(18)13-7-3-6-12(9-13)10-21-2/h3,6-7,9,11,14H,4-5,8,10H2,1-2H3,(H,19,20). The second-order valence-corrected chi connectivity index (χ2v) is 5.53. The zero-order valence-corrected chi connectivity index (χ0v) is 12.4. The molecule has 5 heteroatoms. The molecular weight excluding hydrogens is 270 g/mol. The van der Waals surface area contributed by atoms with Gasteiger partial charge in [-0.1, -0.05) is 19.1 Å². The molecule has 0 aromatic heterocycles. The van der Waals surface area contributed by atoms with Gasteiger partial charge in [-0.15, -0.1) is 0 Å². The van der Waals surface area contributed by atoms with E-state index >= 15 is 0 Å². The summed E-state index contributed by atoms with van der Waals surface area (Å²) in [4.78, 5) is 25.6. The van der Waals surface area contributed by atoms with Crippen molar-refractivity contribution in [3.05, 3.63) is 35.4 Å². The van der Waals surface area contributed by atoms with E-state index in [4.69, 9.17) is 4.74 Å². The number of aliphatic carboxylic acids is 1. The number of likely N-dealkylation sites (tertiary alicyclic amines) is 1. The predicted octanol–water partition coefficient (Wildman–Crippen LogP) is 2.16. The molecule has 2 unspecified atom stereocenters. The molecule has 1 N–H and O–H groups in total. The van der Waals surface area contributed by atoms with E-state index in [1.54, 1.807) is 25.3 Å². The van der Waals surface area contributed by atoms with Crippen LogP contribution in [0.25, 0.3) is 0 Å². The van der Waals surface area contributed by atoms with Crippen LogP contribution in [0.3, 0.4) is 0 Å². The van der Waals surface area contributed by atoms with Crippen LogP contribution >= 0.6 is 0 Å². The molecule has 1 aromatic rings. The molecule has 0 spiro atoms. The Morgan fingerprint density at radius 2 is 2.19 bits per heavy atom. The van der Waals surface area contributed by atoms with Crippen LogP contribution < -0.4 is 0 Å². The molecule has 0 aliphatic carbocycles. The molecule has 2 rings (SSSR count). The molecule has 5 nitrogen and oxygen atoms in total. The largest absolute Gasteiger partial charge is 0.480 e. The molecule has 1 aromatic carbocycles. The van der Waals surface area contributed by atoms with Crippen LogP contribution in [0.15, 0.2) is 24.3 Å². The van der Waals surface area contributed by atoms with E-state index < -0.39 is 12.0 Å². The fourth-order valence-electron chi connectivity index (χ4n) is 2.92. The van der Waals surface area contributed by atoms with Crippen LogP contribution in [-0.2, 0) is 16.1 Å². The van der Waals surface area contributed by atoms with Crippen molar-refractivity contribution >= 4 is 11.9 Å². The number of carbonyl (C=O) groups is 2. The first-order chi connectivity index (χ1) is 10.0. The van der Waals surface area contributed by atoms with Gasteiger partial charge in [-0.25, -0.2) is 4.79 Å². The number of ether oxygens (including phenoxy) is 1. The Morgan fingerprint density at radius 1 is 1.43 bits per heavy atom. The minimum atomic E-state index is -0.927. The van der Waals surface area contributed by atoms with Gasteiger partial charge in [0.1, 0.15) is 6.04 Å². The van der Waals surface area contributed by atoms with E-state index in [-0.39, 0.29) is 11.8 Å². The highest BCUT2D eigenvalue weighted by atomic mass is 16.5. The monoisotopic (exact) mass is 291 g/mol. The van der Waals surface area contributed by atoms with Crippen LogP contribution in [0.2, 0.25) is 0 Å². The zero-order chi connectivity index (χ0) is 15.4. The first kappa shape index (κ1) is 15.5. The summed E-state index contributed by atoms with van der Waals surface area (Å²) in [5.74, 6) is -1.17. The summed E-state index contributed by atoms with van der Waals surface area (Å²) in [6.07, 6.45) is 1.68. The highest BCUT2D eigenvalue weighted by Crippen LogP contribution is 2.25. The van der Waals surface area contributed by atoms with Crippen LogP contribution in [0.1, 0.15) is 35.7 Å². The molecule has 1 aliphatic heterocycles. The summed E-state index contributed by atoms with van der Waals surface area (Å²) < 4.78 is 5.07. The fourth-order valence-corrected chi connectivity index (χ4v) is 2.92. The molecule has 1 heterocycles. The Hall–Kier alpha value is -1.88. The topological polar surface area (TPSA) is 66.8 Å². The van der Waals surface area contributed by atoms with Gasteiger partial charge < -0.3 is 14.7 Å². The number of methoxy groups -OCH3 is 1. The highest BCUT2D eigenvalue weighted by Gasteiger charge is 2.37. The van der Waals surface area contributed by atoms with Crippen molar-refractivity contribution in [2.45, 2.75) is 32.4 Å². The van der Waals surface area contributed by atoms with Crippen molar-refractivity contribution in [2.75, 3.05) is 13.7 Å². The Kier molecular flexibility index (Phi) is 4.96. The lowest BCUT2D eigenvalue weighted by atomic mass is 9.90. The van der Waals surface area contributed by atoms with Gasteiger partial charge in [-0.2, -0.15) is 0 Å². The molecule has 0 bridgehead atoms. The molecule has 1 fully saturated rings. The third-order valence-corrected chi connectivity index (χ3v) is 3.93. The van der Waals surface area contributed by atoms with Gasteiger partial charge in [-0.05, 0) is 36.5 Å². The van der Waals surface area contributed by atoms with Crippen molar-refractivity contribution in [1.29, 1.82) is 0 Å². The van der Waals surface area contributed by atoms with Crippen molar-refractivity contribution in [2.24, 2.45) is 5.92 Å². The summed E-state index contributed by atoms with van der Waals surface area (Å²) in [5, 5.41) is 9.40. The van der Waals surface area contributed by atoms with E-state index in [2.05, 4.69) is 0 Å². The van der Waals surface area contributed by atoms with Crippen molar-refractivity contribution in [3.63, 3.8) is 0 Å². The minimum absolute atomic E-state index is 0.0256. The molecule has 0 radical (unpaired) electrons. The SMILES string of the molecule is COCc1cccc(C(=O)N2CCCC(C)C2C(=O)O)c1. The number of nitrogens with zero attached hydrogens (tertiary/aromatic N) is 1. The minimum Gasteiger partial charge on any atom is -0.480 e. The lowest BCUT2D eigenvalue weighted by Crippen LogP contribution is -2.51. The summed E-state index contributed by atoms with van der Waals surface area (Å²) in [7, 11) is 1.60. The molecule has 0 saturated carbocycles. The quantitative estimate of drug-likeness (QED) is 0.923. The summed E-state index contributed by atoms with van der Waals surface area (Å²) in [6.45, 7) is 2.81. The highest BCUT2D eigenvalue weighted by molar-refractivity contribution is 5.97. The summed E-state index contributed by atoms with van der Waals surface area (Å²) in [6, 6.07) is 6.43. The molecule has 114 valence electrons. The lowest BCUT2D eigenvalue weighted by molar-refractivity contribution is -0.145. The second-order valence-electron chi connectivity index (χ2n) is 5.53. The van der Waals surface area contributed by atoms with E-state index in [0.29, 0.717) is 18.7 Å². The van der Waals surface area contributed by atoms with E-state index in [1.165, 1.54) is 4.90 Å². The van der Waals surface area contributed by atoms with Gasteiger partial charge >= 0.3 is 5.97 Å². The fraction of sp³-hybridized carbons (Fsp3) is 0.500. The average Bonchev–Trinajstić information content (AvgIpc) is 2.46. The summed E-state index contributed by atoms with van der Waals surface area (Å²) >= 11 is 0. The van der Waals surface area contributed by atoms with Gasteiger partial charge in [0.25, 0.3) is 5.91 Å². The Bertz CT molecular complexity index is 529. The zero-order valence-electron chi connectivity index (χ0n) is 12.4. The smallest absolute Gasteiger partial charge is 0.326 e. The molecule has 1 aliphatic rings. The molecule has 1 saturated heterocycles. The van der Waals surface area contributed by atoms with Crippen LogP contribution in [-0.4, -0.2) is 41.6 Å². The molecular formula is C16H21NO4. The van der Waals surface area contributed by atoms with E-state index in [1.807, 2.05) is 13.0 Å². The molecule has 21 heavy (non-hydrogen) atoms. The number of amides is 1. The van der Waals surface area contributed by atoms with Crippen LogP contribution in [0, 0.1) is 5.92 Å². The maximum atomic E-state index is 12.6. The maximum absolute atomic E-state index is 12.6. The Morgan fingerprint density at radius 3 is 2.86 bits per heavy atom. The van der Waals surface area contributed by atoms with Gasteiger partial charge in [0.05, 0.1) is 6.61 Å². The first-order valence-electron chi connectivity index (χ1n) is 7.16. The normalized spacial score (nSPS) is 22.1. The number of carbonyl (C=O) groups excluding carboxylic acids is 1. The average molecular weight is 291 g/mol. The van der Waals surface area contributed by atoms with Crippen molar-refractivity contribution in [3.8, 4) is 0 Å². The van der Waals surface area contributed by atoms with Gasteiger partial charge in [0, 0.05) is 19.2 Å². The maximum Gasteiger partial charge on any atom is 0.326 e. The number of hydrogen-bond donors (Lipinski definition) is 1. The molecule has 2 atom stereocenters. The Labute approximate surface area is 124 Å². The van der Waals surface area contributed by atoms with Gasteiger partial charge in [0.15, 0.2) is 0 Å². The number of rotatable bonds is 4. The number of carboxylic acid groups (broad SMARTS) is 1. The first-order valence-corrected chi connectivity index (χ1v) is 7.16. The third kappa shape index (κ3) is 3.42. The van der Waals surface area contributed by atoms with Crippen LogP contribution in [0.5, 0.6) is 0 Å². The second kappa shape index (κ2) is 6.72. The van der Waals surface area contributed by atoms with E-state index in [9.17, 15) is 14.7 Å². The van der Waals surface area contributed by atoms with Crippen molar-refractivity contribution in [1.82, 2.24) is 4.90 Å². The summed E-state index contributed by atoms with van der Waals surface area (Å²) in [5.41, 5.74) is 1.42. The van der Waals surface area contributed by atoms with Crippen molar-refractivity contribution < 1.29 is 19.4 Å². The van der Waals surface area contributed by atoms with E-state index in [0.717, 1.165) is 18.4 Å².